The number of carboxylic acid groups (broad SMARTS) is 1. The van der Waals surface area contributed by atoms with Crippen LogP contribution in [0.5, 0.6) is 0 Å². The summed E-state index contributed by atoms with van der Waals surface area (Å²) in [5, 5.41) is 8.69. The fraction of sp³-hybridized carbons (Fsp3) is 0.364. The molecule has 1 rings (SSSR count). The molecular weight excluding hydrogens is 200 g/mol. The number of benzene rings is 1. The SMILES string of the molecule is CC(C)C(Cl)c1ccccc1C(=O)O. The van der Waals surface area contributed by atoms with Crippen molar-refractivity contribution in [1.29, 1.82) is 0 Å². The maximum Gasteiger partial charge on any atom is 0.336 e. The molecule has 1 atom stereocenters. The van der Waals surface area contributed by atoms with E-state index in [4.69, 9.17) is 16.7 Å². The second-order valence-corrected chi connectivity index (χ2v) is 4.01. The summed E-state index contributed by atoms with van der Waals surface area (Å²) < 4.78 is 0. The minimum atomic E-state index is -0.924. The highest BCUT2D eigenvalue weighted by Crippen LogP contribution is 2.30. The summed E-state index contributed by atoms with van der Waals surface area (Å²) in [4.78, 5) is 10.9. The molecule has 76 valence electrons. The van der Waals surface area contributed by atoms with Crippen LogP contribution in [-0.2, 0) is 0 Å². The number of halogens is 1. The van der Waals surface area contributed by atoms with Crippen molar-refractivity contribution >= 4 is 17.6 Å². The van der Waals surface area contributed by atoms with E-state index >= 15 is 0 Å². The second-order valence-electron chi connectivity index (χ2n) is 3.54. The summed E-state index contributed by atoms with van der Waals surface area (Å²) in [7, 11) is 0. The standard InChI is InChI=1S/C11H13ClO2/c1-7(2)10(12)8-5-3-4-6-9(8)11(13)14/h3-7,10H,1-2H3,(H,13,14). The Bertz CT molecular complexity index is 334. The third-order valence-electron chi connectivity index (χ3n) is 2.07. The Morgan fingerprint density at radius 2 is 1.93 bits per heavy atom. The number of hydrogen-bond acceptors (Lipinski definition) is 1. The molecule has 14 heavy (non-hydrogen) atoms. The van der Waals surface area contributed by atoms with Gasteiger partial charge in [-0.1, -0.05) is 32.0 Å². The zero-order valence-corrected chi connectivity index (χ0v) is 8.95. The second kappa shape index (κ2) is 4.47. The minimum absolute atomic E-state index is 0.220. The van der Waals surface area contributed by atoms with Crippen LogP contribution in [0.15, 0.2) is 24.3 Å². The molecule has 0 aliphatic carbocycles. The lowest BCUT2D eigenvalue weighted by molar-refractivity contribution is 0.0695. The fourth-order valence-corrected chi connectivity index (χ4v) is 1.48. The molecule has 0 spiro atoms. The van der Waals surface area contributed by atoms with E-state index < -0.39 is 5.97 Å². The van der Waals surface area contributed by atoms with Crippen molar-refractivity contribution in [2.45, 2.75) is 19.2 Å². The van der Waals surface area contributed by atoms with Crippen LogP contribution in [0.3, 0.4) is 0 Å². The van der Waals surface area contributed by atoms with Crippen LogP contribution in [0, 0.1) is 5.92 Å². The van der Waals surface area contributed by atoms with Crippen molar-refractivity contribution in [2.75, 3.05) is 0 Å². The van der Waals surface area contributed by atoms with Gasteiger partial charge in [0, 0.05) is 0 Å². The van der Waals surface area contributed by atoms with E-state index in [1.807, 2.05) is 13.8 Å². The third-order valence-corrected chi connectivity index (χ3v) is 2.81. The molecule has 1 unspecified atom stereocenters. The Balaban J connectivity index is 3.13. The molecule has 0 bridgehead atoms. The molecule has 0 saturated heterocycles. The quantitative estimate of drug-likeness (QED) is 0.781. The summed E-state index contributed by atoms with van der Waals surface area (Å²) in [6.07, 6.45) is 0. The first-order valence-corrected chi connectivity index (χ1v) is 4.94. The first kappa shape index (κ1) is 11.1. The fourth-order valence-electron chi connectivity index (χ4n) is 1.29. The van der Waals surface area contributed by atoms with E-state index in [1.165, 1.54) is 0 Å². The zero-order chi connectivity index (χ0) is 10.7. The topological polar surface area (TPSA) is 37.3 Å². The maximum absolute atomic E-state index is 10.9. The first-order chi connectivity index (χ1) is 6.54. The molecule has 1 aromatic rings. The number of alkyl halides is 1. The zero-order valence-electron chi connectivity index (χ0n) is 8.20. The predicted octanol–water partition coefficient (Wildman–Crippen LogP) is 3.32. The summed E-state index contributed by atoms with van der Waals surface area (Å²) in [5.41, 5.74) is 0.984. The number of aromatic carboxylic acids is 1. The normalized spacial score (nSPS) is 12.9. The molecule has 0 aliphatic rings. The van der Waals surface area contributed by atoms with Crippen LogP contribution in [0.4, 0.5) is 0 Å². The van der Waals surface area contributed by atoms with Crippen molar-refractivity contribution in [3.05, 3.63) is 35.4 Å². The number of rotatable bonds is 3. The summed E-state index contributed by atoms with van der Waals surface area (Å²) in [6.45, 7) is 3.94. The Kier molecular flexibility index (Phi) is 3.53. The van der Waals surface area contributed by atoms with Crippen LogP contribution >= 0.6 is 11.6 Å². The van der Waals surface area contributed by atoms with Crippen molar-refractivity contribution < 1.29 is 9.90 Å². The van der Waals surface area contributed by atoms with Gasteiger partial charge in [0.25, 0.3) is 0 Å². The van der Waals surface area contributed by atoms with E-state index in [0.717, 1.165) is 0 Å². The van der Waals surface area contributed by atoms with Crippen LogP contribution in [0.2, 0.25) is 0 Å². The van der Waals surface area contributed by atoms with Gasteiger partial charge in [0.1, 0.15) is 0 Å². The maximum atomic E-state index is 10.9. The highest BCUT2D eigenvalue weighted by Gasteiger charge is 2.18. The number of hydrogen-bond donors (Lipinski definition) is 1. The van der Waals surface area contributed by atoms with Crippen molar-refractivity contribution in [3.63, 3.8) is 0 Å². The highest BCUT2D eigenvalue weighted by atomic mass is 35.5. The molecule has 0 aliphatic heterocycles. The molecule has 3 heteroatoms. The van der Waals surface area contributed by atoms with Gasteiger partial charge in [0.2, 0.25) is 0 Å². The van der Waals surface area contributed by atoms with Gasteiger partial charge in [-0.05, 0) is 17.5 Å². The van der Waals surface area contributed by atoms with Gasteiger partial charge < -0.3 is 5.11 Å². The average Bonchev–Trinajstić information content (AvgIpc) is 2.16. The van der Waals surface area contributed by atoms with Gasteiger partial charge in [-0.3, -0.25) is 0 Å². The van der Waals surface area contributed by atoms with E-state index in [1.54, 1.807) is 24.3 Å². The molecule has 0 heterocycles. The molecule has 0 saturated carbocycles. The Morgan fingerprint density at radius 3 is 2.43 bits per heavy atom. The molecule has 2 nitrogen and oxygen atoms in total. The predicted molar refractivity (Wildman–Crippen MR) is 56.8 cm³/mol. The monoisotopic (exact) mass is 212 g/mol. The lowest BCUT2D eigenvalue weighted by Crippen LogP contribution is -2.07. The average molecular weight is 213 g/mol. The van der Waals surface area contributed by atoms with E-state index in [-0.39, 0.29) is 11.3 Å². The van der Waals surface area contributed by atoms with Crippen LogP contribution < -0.4 is 0 Å². The summed E-state index contributed by atoms with van der Waals surface area (Å²) >= 11 is 6.13. The van der Waals surface area contributed by atoms with Crippen molar-refractivity contribution in [2.24, 2.45) is 5.92 Å². The van der Waals surface area contributed by atoms with E-state index in [9.17, 15) is 4.79 Å². The van der Waals surface area contributed by atoms with Gasteiger partial charge in [-0.2, -0.15) is 0 Å². The van der Waals surface area contributed by atoms with E-state index in [2.05, 4.69) is 0 Å². The molecule has 1 N–H and O–H groups in total. The van der Waals surface area contributed by atoms with Crippen LogP contribution in [-0.4, -0.2) is 11.1 Å². The van der Waals surface area contributed by atoms with Crippen LogP contribution in [0.1, 0.15) is 35.1 Å². The molecule has 0 fully saturated rings. The van der Waals surface area contributed by atoms with E-state index in [0.29, 0.717) is 11.1 Å². The molecule has 1 aromatic carbocycles. The molecule has 0 amide bonds. The summed E-state index contributed by atoms with van der Waals surface area (Å²) in [6, 6.07) is 6.85. The van der Waals surface area contributed by atoms with Gasteiger partial charge in [-0.25, -0.2) is 4.79 Å². The van der Waals surface area contributed by atoms with Crippen molar-refractivity contribution in [3.8, 4) is 0 Å². The number of carboxylic acids is 1. The van der Waals surface area contributed by atoms with Crippen LogP contribution in [0.25, 0.3) is 0 Å². The lowest BCUT2D eigenvalue weighted by Gasteiger charge is -2.15. The molecule has 0 radical (unpaired) electrons. The lowest BCUT2D eigenvalue weighted by atomic mass is 9.97. The Hall–Kier alpha value is -1.02. The smallest absolute Gasteiger partial charge is 0.336 e. The molecule has 0 aromatic heterocycles. The van der Waals surface area contributed by atoms with Gasteiger partial charge in [0.15, 0.2) is 0 Å². The van der Waals surface area contributed by atoms with Gasteiger partial charge in [0.05, 0.1) is 10.9 Å². The number of carbonyl (C=O) groups is 1. The molecular formula is C11H13ClO2. The highest BCUT2D eigenvalue weighted by molar-refractivity contribution is 6.21. The first-order valence-electron chi connectivity index (χ1n) is 4.50. The van der Waals surface area contributed by atoms with Crippen molar-refractivity contribution in [1.82, 2.24) is 0 Å². The largest absolute Gasteiger partial charge is 0.478 e. The Labute approximate surface area is 88.5 Å². The van der Waals surface area contributed by atoms with Gasteiger partial charge >= 0.3 is 5.97 Å². The summed E-state index contributed by atoms with van der Waals surface area (Å²) in [5.74, 6) is -0.705. The Morgan fingerprint density at radius 1 is 1.36 bits per heavy atom. The van der Waals surface area contributed by atoms with Gasteiger partial charge in [-0.15, -0.1) is 11.6 Å². The third kappa shape index (κ3) is 2.26. The minimum Gasteiger partial charge on any atom is -0.478 e.